The van der Waals surface area contributed by atoms with Crippen molar-refractivity contribution in [2.45, 2.75) is 19.7 Å². The summed E-state index contributed by atoms with van der Waals surface area (Å²) in [6.07, 6.45) is 1.69. The number of hydrazine groups is 1. The smallest absolute Gasteiger partial charge is 0.198 e. The van der Waals surface area contributed by atoms with Crippen molar-refractivity contribution in [3.63, 3.8) is 0 Å². The van der Waals surface area contributed by atoms with E-state index in [4.69, 9.17) is 28.0 Å². The Morgan fingerprint density at radius 2 is 1.33 bits per heavy atom. The summed E-state index contributed by atoms with van der Waals surface area (Å²) in [7, 11) is 3.17. The van der Waals surface area contributed by atoms with Gasteiger partial charge in [-0.15, -0.1) is 0 Å². The third-order valence-electron chi connectivity index (χ3n) is 8.30. The molecule has 51 heavy (non-hydrogen) atoms. The number of para-hydroxylation sites is 1. The molecule has 0 amide bonds. The predicted octanol–water partition coefficient (Wildman–Crippen LogP) is 8.90. The van der Waals surface area contributed by atoms with Gasteiger partial charge in [0.15, 0.2) is 34.3 Å². The summed E-state index contributed by atoms with van der Waals surface area (Å²) in [5.74, 6) is 2.84. The van der Waals surface area contributed by atoms with E-state index in [1.807, 2.05) is 101 Å². The van der Waals surface area contributed by atoms with Crippen LogP contribution >= 0.6 is 0 Å². The molecule has 0 saturated carbocycles. The Labute approximate surface area is 293 Å². The van der Waals surface area contributed by atoms with Crippen molar-refractivity contribution in [1.29, 1.82) is 0 Å². The van der Waals surface area contributed by atoms with Crippen LogP contribution in [0.4, 0.5) is 16.0 Å². The van der Waals surface area contributed by atoms with Gasteiger partial charge in [-0.05, 0) is 53.6 Å². The third-order valence-corrected chi connectivity index (χ3v) is 8.30. The van der Waals surface area contributed by atoms with Crippen molar-refractivity contribution in [3.05, 3.63) is 144 Å². The highest BCUT2D eigenvalue weighted by Gasteiger charge is 2.29. The molecule has 0 bridgehead atoms. The first-order chi connectivity index (χ1) is 25.0. The molecule has 258 valence electrons. The van der Waals surface area contributed by atoms with Crippen LogP contribution in [-0.2, 0) is 19.7 Å². The number of fused-ring (bicyclic) bond motifs is 2. The molecule has 5 aromatic carbocycles. The molecular weight excluding hydrogens is 651 g/mol. The second kappa shape index (κ2) is 15.0. The molecule has 0 aliphatic heterocycles. The molecule has 7 rings (SSSR count). The van der Waals surface area contributed by atoms with E-state index < -0.39 is 5.82 Å². The highest BCUT2D eigenvalue weighted by Crippen LogP contribution is 2.39. The standard InChI is InChI=1S/C40H35FN4O6/c1-4-20-48-31-17-14-27(15-18-31)24-44(40-33-19-16-30(41)22-36(33)51-43-40)45(39-32-12-8-9-13-34(32)50-42-39)25-29-21-37(46-2)38(47-3)23-35(29)49-26-28-10-6-5-7-11-28/h4-19,21-23H,1,20,24-26H2,2-3H3. The van der Waals surface area contributed by atoms with Crippen LogP contribution in [0.15, 0.2) is 131 Å². The van der Waals surface area contributed by atoms with Gasteiger partial charge in [-0.1, -0.05) is 77.6 Å². The van der Waals surface area contributed by atoms with E-state index in [1.165, 1.54) is 12.1 Å². The van der Waals surface area contributed by atoms with Crippen LogP contribution in [-0.4, -0.2) is 31.1 Å². The molecule has 7 aromatic rings. The minimum Gasteiger partial charge on any atom is -0.493 e. The zero-order chi connectivity index (χ0) is 35.2. The SMILES string of the molecule is C=CCOc1ccc(CN(c2noc3cc(F)ccc23)N(Cc2cc(OC)c(OC)cc2OCc2ccccc2)c2noc3ccccc23)cc1. The van der Waals surface area contributed by atoms with Crippen LogP contribution in [0.25, 0.3) is 21.9 Å². The molecule has 0 aliphatic rings. The number of methoxy groups -OCH3 is 2. The summed E-state index contributed by atoms with van der Waals surface area (Å²) in [6.45, 7) is 4.95. The number of halogens is 1. The number of rotatable bonds is 15. The maximum absolute atomic E-state index is 14.3. The highest BCUT2D eigenvalue weighted by atomic mass is 19.1. The lowest BCUT2D eigenvalue weighted by Gasteiger charge is -2.35. The van der Waals surface area contributed by atoms with Crippen LogP contribution < -0.4 is 29.0 Å². The predicted molar refractivity (Wildman–Crippen MR) is 193 cm³/mol. The van der Waals surface area contributed by atoms with Crippen LogP contribution in [0.3, 0.4) is 0 Å². The van der Waals surface area contributed by atoms with E-state index >= 15 is 0 Å². The van der Waals surface area contributed by atoms with Crippen LogP contribution in [0, 0.1) is 5.82 Å². The van der Waals surface area contributed by atoms with Crippen molar-refractivity contribution >= 4 is 33.6 Å². The van der Waals surface area contributed by atoms with E-state index in [9.17, 15) is 4.39 Å². The Morgan fingerprint density at radius 1 is 0.667 bits per heavy atom. The molecule has 0 atom stereocenters. The summed E-state index contributed by atoms with van der Waals surface area (Å²) in [6, 6.07) is 33.3. The Balaban J connectivity index is 1.38. The monoisotopic (exact) mass is 686 g/mol. The molecule has 0 saturated heterocycles. The van der Waals surface area contributed by atoms with Gasteiger partial charge < -0.3 is 28.0 Å². The fourth-order valence-electron chi connectivity index (χ4n) is 5.77. The minimum absolute atomic E-state index is 0.205. The fraction of sp³-hybridized carbons (Fsp3) is 0.150. The molecule has 0 unspecified atom stereocenters. The van der Waals surface area contributed by atoms with Gasteiger partial charge in [0.1, 0.15) is 30.5 Å². The highest BCUT2D eigenvalue weighted by molar-refractivity contribution is 5.92. The summed E-state index contributed by atoms with van der Waals surface area (Å²) >= 11 is 0. The van der Waals surface area contributed by atoms with Gasteiger partial charge in [0.25, 0.3) is 0 Å². The molecule has 0 N–H and O–H groups in total. The number of benzene rings is 5. The number of aromatic nitrogens is 2. The first-order valence-corrected chi connectivity index (χ1v) is 16.2. The van der Waals surface area contributed by atoms with Gasteiger partial charge in [-0.3, -0.25) is 10.0 Å². The Kier molecular flexibility index (Phi) is 9.68. The molecule has 2 aromatic heterocycles. The largest absolute Gasteiger partial charge is 0.493 e. The number of hydrogen-bond donors (Lipinski definition) is 0. The summed E-state index contributed by atoms with van der Waals surface area (Å²) in [5.41, 5.74) is 3.57. The number of anilines is 2. The average molecular weight is 687 g/mol. The normalized spacial score (nSPS) is 11.0. The second-order valence-corrected chi connectivity index (χ2v) is 11.6. The van der Waals surface area contributed by atoms with Gasteiger partial charge in [-0.2, -0.15) is 0 Å². The van der Waals surface area contributed by atoms with Crippen molar-refractivity contribution in [3.8, 4) is 23.0 Å². The number of ether oxygens (including phenoxy) is 4. The molecule has 11 heteroatoms. The number of hydrogen-bond acceptors (Lipinski definition) is 10. The van der Waals surface area contributed by atoms with Gasteiger partial charge in [0, 0.05) is 17.7 Å². The van der Waals surface area contributed by atoms with Gasteiger partial charge >= 0.3 is 0 Å². The first kappa shape index (κ1) is 33.0. The Bertz CT molecular complexity index is 2250. The average Bonchev–Trinajstić information content (AvgIpc) is 3.79. The van der Waals surface area contributed by atoms with Crippen molar-refractivity contribution in [2.75, 3.05) is 30.8 Å². The molecule has 0 spiro atoms. The van der Waals surface area contributed by atoms with E-state index in [0.29, 0.717) is 70.9 Å². The summed E-state index contributed by atoms with van der Waals surface area (Å²) in [4.78, 5) is 0. The van der Waals surface area contributed by atoms with Gasteiger partial charge in [0.05, 0.1) is 38.1 Å². The van der Waals surface area contributed by atoms with E-state index in [0.717, 1.165) is 22.1 Å². The van der Waals surface area contributed by atoms with Gasteiger partial charge in [0.2, 0.25) is 0 Å². The molecule has 0 radical (unpaired) electrons. The Hall–Kier alpha value is -6.49. The van der Waals surface area contributed by atoms with Crippen molar-refractivity contribution < 1.29 is 32.4 Å². The van der Waals surface area contributed by atoms with Crippen LogP contribution in [0.5, 0.6) is 23.0 Å². The zero-order valence-corrected chi connectivity index (χ0v) is 28.1. The molecule has 2 heterocycles. The van der Waals surface area contributed by atoms with Crippen LogP contribution in [0.1, 0.15) is 16.7 Å². The molecule has 0 fully saturated rings. The molecule has 0 aliphatic carbocycles. The van der Waals surface area contributed by atoms with Crippen molar-refractivity contribution in [2.24, 2.45) is 0 Å². The lowest BCUT2D eigenvalue weighted by molar-refractivity contribution is 0.296. The summed E-state index contributed by atoms with van der Waals surface area (Å²) in [5, 5.41) is 14.3. The minimum atomic E-state index is -0.434. The molecule has 10 nitrogen and oxygen atoms in total. The second-order valence-electron chi connectivity index (χ2n) is 11.6. The molecular formula is C40H35FN4O6. The fourth-order valence-corrected chi connectivity index (χ4v) is 5.77. The van der Waals surface area contributed by atoms with Crippen molar-refractivity contribution in [1.82, 2.24) is 10.3 Å². The summed E-state index contributed by atoms with van der Waals surface area (Å²) < 4.78 is 49.5. The lowest BCUT2D eigenvalue weighted by Crippen LogP contribution is -2.43. The number of nitrogens with zero attached hydrogens (tertiary/aromatic N) is 4. The maximum atomic E-state index is 14.3. The van der Waals surface area contributed by atoms with E-state index in [1.54, 1.807) is 26.4 Å². The third kappa shape index (κ3) is 7.13. The quantitative estimate of drug-likeness (QED) is 0.0769. The van der Waals surface area contributed by atoms with Gasteiger partial charge in [-0.25, -0.2) is 4.39 Å². The van der Waals surface area contributed by atoms with E-state index in [2.05, 4.69) is 16.9 Å². The Morgan fingerprint density at radius 3 is 2.08 bits per heavy atom. The zero-order valence-electron chi connectivity index (χ0n) is 28.1. The lowest BCUT2D eigenvalue weighted by atomic mass is 10.1. The first-order valence-electron chi connectivity index (χ1n) is 16.2. The van der Waals surface area contributed by atoms with Crippen LogP contribution in [0.2, 0.25) is 0 Å². The maximum Gasteiger partial charge on any atom is 0.198 e. The van der Waals surface area contributed by atoms with E-state index in [-0.39, 0.29) is 6.54 Å². The topological polar surface area (TPSA) is 95.5 Å².